The molecule has 3 fully saturated rings. The van der Waals surface area contributed by atoms with Gasteiger partial charge in [0.15, 0.2) is 0 Å². The molecule has 1 aliphatic carbocycles. The van der Waals surface area contributed by atoms with E-state index in [1.807, 2.05) is 12.4 Å². The van der Waals surface area contributed by atoms with Crippen LogP contribution in [0.5, 0.6) is 0 Å². The molecule has 1 saturated carbocycles. The number of carbonyl (C=O) groups is 1. The molecule has 1 unspecified atom stereocenters. The van der Waals surface area contributed by atoms with E-state index in [0.717, 1.165) is 51.4 Å². The first kappa shape index (κ1) is 16.8. The maximum atomic E-state index is 13.0. The van der Waals surface area contributed by atoms with Crippen LogP contribution in [0.1, 0.15) is 63.0 Å². The number of piperidine rings is 1. The largest absolute Gasteiger partial charge is 0.335 e. The maximum Gasteiger partial charge on any atom is 0.318 e. The highest BCUT2D eigenvalue weighted by Gasteiger charge is 2.33. The quantitative estimate of drug-likeness (QED) is 0.916. The van der Waals surface area contributed by atoms with E-state index in [9.17, 15) is 4.79 Å². The molecule has 2 saturated heterocycles. The van der Waals surface area contributed by atoms with E-state index in [4.69, 9.17) is 0 Å². The molecule has 25 heavy (non-hydrogen) atoms. The molecule has 3 aliphatic rings. The van der Waals surface area contributed by atoms with Crippen LogP contribution in [0.15, 0.2) is 24.5 Å². The molecule has 1 atom stereocenters. The van der Waals surface area contributed by atoms with Gasteiger partial charge in [-0.2, -0.15) is 0 Å². The monoisotopic (exact) mass is 342 g/mol. The van der Waals surface area contributed by atoms with Gasteiger partial charge in [0, 0.05) is 44.1 Å². The number of hydrogen-bond donors (Lipinski definition) is 1. The molecule has 4 rings (SSSR count). The molecule has 0 bridgehead atoms. The van der Waals surface area contributed by atoms with Crippen LogP contribution in [0.3, 0.4) is 0 Å². The molecule has 0 aromatic carbocycles. The van der Waals surface area contributed by atoms with Crippen LogP contribution in [-0.2, 0) is 0 Å². The van der Waals surface area contributed by atoms with E-state index < -0.39 is 0 Å². The summed E-state index contributed by atoms with van der Waals surface area (Å²) in [6, 6.07) is 5.63. The minimum Gasteiger partial charge on any atom is -0.335 e. The molecular weight excluding hydrogens is 312 g/mol. The predicted octanol–water partition coefficient (Wildman–Crippen LogP) is 3.34. The van der Waals surface area contributed by atoms with Gasteiger partial charge in [0.1, 0.15) is 0 Å². The minimum absolute atomic E-state index is 0.133. The molecule has 0 spiro atoms. The molecular formula is C20H30N4O. The molecule has 1 aromatic heterocycles. The zero-order chi connectivity index (χ0) is 17.1. The fourth-order valence-electron chi connectivity index (χ4n) is 4.39. The van der Waals surface area contributed by atoms with Crippen molar-refractivity contribution < 1.29 is 4.79 Å². The fourth-order valence-corrected chi connectivity index (χ4v) is 4.39. The third-order valence-electron chi connectivity index (χ3n) is 6.02. The second-order valence-corrected chi connectivity index (χ2v) is 7.83. The van der Waals surface area contributed by atoms with Crippen molar-refractivity contribution in [1.29, 1.82) is 0 Å². The van der Waals surface area contributed by atoms with Crippen molar-refractivity contribution in [3.8, 4) is 0 Å². The van der Waals surface area contributed by atoms with Crippen LogP contribution in [0.2, 0.25) is 0 Å². The van der Waals surface area contributed by atoms with E-state index in [-0.39, 0.29) is 12.1 Å². The number of nitrogens with one attached hydrogen (secondary N) is 1. The van der Waals surface area contributed by atoms with Crippen LogP contribution in [0.25, 0.3) is 0 Å². The SMILES string of the molecule is O=C(NC1CCN(C2CC2)CC1)N1CCCCCC1c1ccncc1. The Balaban J connectivity index is 1.38. The van der Waals surface area contributed by atoms with Crippen LogP contribution in [0, 0.1) is 0 Å². The van der Waals surface area contributed by atoms with Crippen LogP contribution < -0.4 is 5.32 Å². The Labute approximate surface area is 150 Å². The van der Waals surface area contributed by atoms with Gasteiger partial charge in [0.25, 0.3) is 0 Å². The molecule has 2 aliphatic heterocycles. The minimum atomic E-state index is 0.133. The standard InChI is InChI=1S/C20H30N4O/c25-20(22-17-9-14-23(15-10-17)18-5-6-18)24-13-3-1-2-4-19(24)16-7-11-21-12-8-16/h7-8,11-12,17-19H,1-6,9-10,13-15H2,(H,22,25). The summed E-state index contributed by atoms with van der Waals surface area (Å²) < 4.78 is 0. The van der Waals surface area contributed by atoms with Gasteiger partial charge in [-0.25, -0.2) is 4.79 Å². The third kappa shape index (κ3) is 4.14. The normalized spacial score (nSPS) is 26.2. The average molecular weight is 342 g/mol. The van der Waals surface area contributed by atoms with Gasteiger partial charge >= 0.3 is 6.03 Å². The Morgan fingerprint density at radius 1 is 0.960 bits per heavy atom. The van der Waals surface area contributed by atoms with E-state index in [2.05, 4.69) is 32.2 Å². The summed E-state index contributed by atoms with van der Waals surface area (Å²) in [5, 5.41) is 3.34. The van der Waals surface area contributed by atoms with Gasteiger partial charge in [0.2, 0.25) is 0 Å². The van der Waals surface area contributed by atoms with Crippen molar-refractivity contribution in [2.24, 2.45) is 0 Å². The van der Waals surface area contributed by atoms with Gasteiger partial charge in [-0.05, 0) is 56.2 Å². The average Bonchev–Trinajstić information content (AvgIpc) is 3.50. The van der Waals surface area contributed by atoms with Crippen molar-refractivity contribution in [1.82, 2.24) is 20.1 Å². The lowest BCUT2D eigenvalue weighted by molar-refractivity contribution is 0.155. The molecule has 2 amide bonds. The highest BCUT2D eigenvalue weighted by molar-refractivity contribution is 5.75. The number of likely N-dealkylation sites (tertiary alicyclic amines) is 2. The zero-order valence-corrected chi connectivity index (χ0v) is 15.1. The molecule has 1 N–H and O–H groups in total. The van der Waals surface area contributed by atoms with Crippen LogP contribution in [0.4, 0.5) is 4.79 Å². The third-order valence-corrected chi connectivity index (χ3v) is 6.02. The van der Waals surface area contributed by atoms with E-state index in [0.29, 0.717) is 6.04 Å². The van der Waals surface area contributed by atoms with Gasteiger partial charge in [-0.1, -0.05) is 12.8 Å². The van der Waals surface area contributed by atoms with Crippen molar-refractivity contribution in [2.75, 3.05) is 19.6 Å². The number of urea groups is 1. The van der Waals surface area contributed by atoms with Crippen molar-refractivity contribution >= 4 is 6.03 Å². The highest BCUT2D eigenvalue weighted by Crippen LogP contribution is 2.31. The van der Waals surface area contributed by atoms with E-state index >= 15 is 0 Å². The summed E-state index contributed by atoms with van der Waals surface area (Å²) in [4.78, 5) is 21.8. The van der Waals surface area contributed by atoms with Crippen LogP contribution in [-0.4, -0.2) is 52.5 Å². The zero-order valence-electron chi connectivity index (χ0n) is 15.1. The van der Waals surface area contributed by atoms with Crippen molar-refractivity contribution in [2.45, 2.75) is 69.5 Å². The maximum absolute atomic E-state index is 13.0. The number of carbonyl (C=O) groups excluding carboxylic acids is 1. The Morgan fingerprint density at radius 3 is 2.44 bits per heavy atom. The number of pyridine rings is 1. The molecule has 136 valence electrons. The topological polar surface area (TPSA) is 48.5 Å². The first-order valence-corrected chi connectivity index (χ1v) is 10.0. The predicted molar refractivity (Wildman–Crippen MR) is 98.3 cm³/mol. The number of nitrogens with zero attached hydrogens (tertiary/aromatic N) is 3. The second-order valence-electron chi connectivity index (χ2n) is 7.83. The molecule has 0 radical (unpaired) electrons. The van der Waals surface area contributed by atoms with Gasteiger partial charge in [-0.3, -0.25) is 4.98 Å². The Morgan fingerprint density at radius 2 is 1.72 bits per heavy atom. The van der Waals surface area contributed by atoms with E-state index in [1.54, 1.807) is 0 Å². The van der Waals surface area contributed by atoms with Gasteiger partial charge in [0.05, 0.1) is 6.04 Å². The van der Waals surface area contributed by atoms with Gasteiger partial charge in [-0.15, -0.1) is 0 Å². The number of rotatable bonds is 3. The molecule has 5 heteroatoms. The Bertz CT molecular complexity index is 566. The second kappa shape index (κ2) is 7.73. The molecule has 3 heterocycles. The van der Waals surface area contributed by atoms with Crippen molar-refractivity contribution in [3.05, 3.63) is 30.1 Å². The first-order chi connectivity index (χ1) is 12.3. The summed E-state index contributed by atoms with van der Waals surface area (Å²) in [5.74, 6) is 0. The highest BCUT2D eigenvalue weighted by atomic mass is 16.2. The smallest absolute Gasteiger partial charge is 0.318 e. The summed E-state index contributed by atoms with van der Waals surface area (Å²) in [6.07, 6.45) is 13.2. The first-order valence-electron chi connectivity index (χ1n) is 10.0. The summed E-state index contributed by atoms with van der Waals surface area (Å²) in [7, 11) is 0. The number of amides is 2. The molecule has 5 nitrogen and oxygen atoms in total. The number of aromatic nitrogens is 1. The van der Waals surface area contributed by atoms with Gasteiger partial charge < -0.3 is 15.1 Å². The lowest BCUT2D eigenvalue weighted by atomic mass is 10.0. The summed E-state index contributed by atoms with van der Waals surface area (Å²) in [5.41, 5.74) is 1.22. The van der Waals surface area contributed by atoms with E-state index in [1.165, 1.54) is 31.2 Å². The summed E-state index contributed by atoms with van der Waals surface area (Å²) >= 11 is 0. The molecule has 1 aromatic rings. The lowest BCUT2D eigenvalue weighted by Gasteiger charge is -2.35. The fraction of sp³-hybridized carbons (Fsp3) is 0.700. The lowest BCUT2D eigenvalue weighted by Crippen LogP contribution is -2.50. The summed E-state index contributed by atoms with van der Waals surface area (Å²) in [6.45, 7) is 3.15. The Hall–Kier alpha value is -1.62. The van der Waals surface area contributed by atoms with Crippen molar-refractivity contribution in [3.63, 3.8) is 0 Å². The number of hydrogen-bond acceptors (Lipinski definition) is 3. The van der Waals surface area contributed by atoms with Crippen LogP contribution >= 0.6 is 0 Å². The Kier molecular flexibility index (Phi) is 5.20.